The van der Waals surface area contributed by atoms with Gasteiger partial charge in [0, 0.05) is 6.04 Å². The first-order valence-corrected chi connectivity index (χ1v) is 7.39. The maximum Gasteiger partial charge on any atom is 0.00385 e. The second-order valence-corrected chi connectivity index (χ2v) is 6.53. The van der Waals surface area contributed by atoms with Gasteiger partial charge in [-0.2, -0.15) is 0 Å². The first-order valence-electron chi connectivity index (χ1n) is 7.39. The minimum atomic E-state index is 0.756. The van der Waals surface area contributed by atoms with Gasteiger partial charge in [0.05, 0.1) is 0 Å². The first kappa shape index (κ1) is 12.4. The number of nitrogens with zero attached hydrogens (tertiary/aromatic N) is 1. The summed E-state index contributed by atoms with van der Waals surface area (Å²) in [5.41, 5.74) is 0.819. The van der Waals surface area contributed by atoms with Crippen LogP contribution in [-0.4, -0.2) is 24.0 Å². The molecule has 0 amide bonds. The van der Waals surface area contributed by atoms with E-state index in [1.54, 1.807) is 6.42 Å². The summed E-state index contributed by atoms with van der Waals surface area (Å²) in [4.78, 5) is 2.65. The molecule has 0 bridgehead atoms. The molecule has 2 aliphatic rings. The average molecular weight is 223 g/mol. The van der Waals surface area contributed by atoms with Crippen molar-refractivity contribution in [2.24, 2.45) is 11.3 Å². The molecule has 1 saturated carbocycles. The number of hydrogen-bond donors (Lipinski definition) is 0. The van der Waals surface area contributed by atoms with Gasteiger partial charge in [-0.1, -0.05) is 13.3 Å². The van der Waals surface area contributed by atoms with Crippen molar-refractivity contribution in [1.29, 1.82) is 0 Å². The summed E-state index contributed by atoms with van der Waals surface area (Å²) in [6.45, 7) is 9.72. The topological polar surface area (TPSA) is 3.24 Å². The predicted molar refractivity (Wildman–Crippen MR) is 70.6 cm³/mol. The van der Waals surface area contributed by atoms with Gasteiger partial charge in [-0.3, -0.25) is 0 Å². The molecule has 1 nitrogen and oxygen atoms in total. The normalized spacial score (nSPS) is 26.2. The number of likely N-dealkylation sites (tertiary alicyclic amines) is 1. The summed E-state index contributed by atoms with van der Waals surface area (Å²) in [5, 5.41) is 0. The van der Waals surface area contributed by atoms with E-state index in [-0.39, 0.29) is 0 Å². The van der Waals surface area contributed by atoms with Crippen LogP contribution in [0.1, 0.15) is 65.7 Å². The van der Waals surface area contributed by atoms with E-state index in [1.165, 1.54) is 51.6 Å². The van der Waals surface area contributed by atoms with Gasteiger partial charge < -0.3 is 4.90 Å². The number of rotatable bonds is 5. The fourth-order valence-electron chi connectivity index (χ4n) is 3.55. The summed E-state index contributed by atoms with van der Waals surface area (Å²) >= 11 is 0. The van der Waals surface area contributed by atoms with Crippen LogP contribution >= 0.6 is 0 Å². The van der Waals surface area contributed by atoms with Crippen molar-refractivity contribution in [2.75, 3.05) is 13.1 Å². The molecular formula is C15H29N. The average Bonchev–Trinajstić information content (AvgIpc) is 2.99. The van der Waals surface area contributed by atoms with Crippen molar-refractivity contribution in [2.45, 2.75) is 71.8 Å². The van der Waals surface area contributed by atoms with Crippen molar-refractivity contribution in [3.63, 3.8) is 0 Å². The van der Waals surface area contributed by atoms with Gasteiger partial charge in [0.25, 0.3) is 0 Å². The van der Waals surface area contributed by atoms with Crippen LogP contribution in [0, 0.1) is 11.3 Å². The van der Waals surface area contributed by atoms with Crippen molar-refractivity contribution in [3.05, 3.63) is 0 Å². The van der Waals surface area contributed by atoms with Gasteiger partial charge in [-0.05, 0) is 76.8 Å². The van der Waals surface area contributed by atoms with Crippen LogP contribution in [0.15, 0.2) is 0 Å². The molecule has 0 unspecified atom stereocenters. The van der Waals surface area contributed by atoms with Gasteiger partial charge in [0.1, 0.15) is 0 Å². The molecule has 2 rings (SSSR count). The molecule has 16 heavy (non-hydrogen) atoms. The minimum Gasteiger partial charge on any atom is -0.301 e. The molecular weight excluding hydrogens is 194 g/mol. The van der Waals surface area contributed by atoms with E-state index in [2.05, 4.69) is 25.7 Å². The van der Waals surface area contributed by atoms with E-state index >= 15 is 0 Å². The summed E-state index contributed by atoms with van der Waals surface area (Å²) < 4.78 is 0. The molecule has 1 aliphatic carbocycles. The Bertz CT molecular complexity index is 209. The predicted octanol–water partition coefficient (Wildman–Crippen LogP) is 4.08. The summed E-state index contributed by atoms with van der Waals surface area (Å²) in [7, 11) is 0. The van der Waals surface area contributed by atoms with Crippen molar-refractivity contribution in [1.82, 2.24) is 4.90 Å². The zero-order valence-corrected chi connectivity index (χ0v) is 11.5. The minimum absolute atomic E-state index is 0.756. The SMILES string of the molecule is CCCC1(CC2CCN(C(C)C)CC2)CC1. The highest BCUT2D eigenvalue weighted by Gasteiger charge is 2.43. The highest BCUT2D eigenvalue weighted by Crippen LogP contribution is 2.55. The maximum absolute atomic E-state index is 2.65. The molecule has 0 aromatic carbocycles. The van der Waals surface area contributed by atoms with Crippen LogP contribution < -0.4 is 0 Å². The lowest BCUT2D eigenvalue weighted by atomic mass is 9.83. The van der Waals surface area contributed by atoms with Gasteiger partial charge in [0.2, 0.25) is 0 Å². The molecule has 1 saturated heterocycles. The van der Waals surface area contributed by atoms with Gasteiger partial charge >= 0.3 is 0 Å². The molecule has 0 atom stereocenters. The Morgan fingerprint density at radius 3 is 2.25 bits per heavy atom. The van der Waals surface area contributed by atoms with Crippen LogP contribution in [0.4, 0.5) is 0 Å². The zero-order valence-electron chi connectivity index (χ0n) is 11.5. The Balaban J connectivity index is 1.73. The molecule has 1 heteroatoms. The zero-order chi connectivity index (χ0) is 11.6. The Morgan fingerprint density at radius 2 is 1.81 bits per heavy atom. The lowest BCUT2D eigenvalue weighted by molar-refractivity contribution is 0.132. The molecule has 94 valence electrons. The van der Waals surface area contributed by atoms with Gasteiger partial charge in [-0.15, -0.1) is 0 Å². The third-order valence-corrected chi connectivity index (χ3v) is 4.84. The largest absolute Gasteiger partial charge is 0.301 e. The Hall–Kier alpha value is -0.0400. The third-order valence-electron chi connectivity index (χ3n) is 4.84. The van der Waals surface area contributed by atoms with Crippen LogP contribution in [0.3, 0.4) is 0 Å². The molecule has 2 fully saturated rings. The lowest BCUT2D eigenvalue weighted by Crippen LogP contribution is -2.38. The summed E-state index contributed by atoms with van der Waals surface area (Å²) in [6, 6.07) is 0.756. The van der Waals surface area contributed by atoms with Crippen LogP contribution in [-0.2, 0) is 0 Å². The summed E-state index contributed by atoms with van der Waals surface area (Å²) in [6.07, 6.45) is 10.4. The Morgan fingerprint density at radius 1 is 1.19 bits per heavy atom. The molecule has 0 aromatic heterocycles. The van der Waals surface area contributed by atoms with E-state index in [0.717, 1.165) is 17.4 Å². The Kier molecular flexibility index (Phi) is 3.94. The van der Waals surface area contributed by atoms with Gasteiger partial charge in [0.15, 0.2) is 0 Å². The molecule has 1 aliphatic heterocycles. The standard InChI is InChI=1S/C15H29N/c1-4-7-15(8-9-15)12-14-5-10-16(11-6-14)13(2)3/h13-14H,4-12H2,1-3H3. The van der Waals surface area contributed by atoms with E-state index in [4.69, 9.17) is 0 Å². The molecule has 0 N–H and O–H groups in total. The highest BCUT2D eigenvalue weighted by molar-refractivity contribution is 4.94. The van der Waals surface area contributed by atoms with E-state index in [1.807, 2.05) is 0 Å². The van der Waals surface area contributed by atoms with Crippen LogP contribution in [0.5, 0.6) is 0 Å². The van der Waals surface area contributed by atoms with Crippen LogP contribution in [0.25, 0.3) is 0 Å². The lowest BCUT2D eigenvalue weighted by Gasteiger charge is -2.36. The third kappa shape index (κ3) is 3.00. The van der Waals surface area contributed by atoms with E-state index < -0.39 is 0 Å². The summed E-state index contributed by atoms with van der Waals surface area (Å²) in [5.74, 6) is 1.05. The highest BCUT2D eigenvalue weighted by atomic mass is 15.1. The molecule has 0 aromatic rings. The van der Waals surface area contributed by atoms with E-state index in [9.17, 15) is 0 Å². The molecule has 0 spiro atoms. The maximum atomic E-state index is 2.65. The quantitative estimate of drug-likeness (QED) is 0.679. The number of piperidine rings is 1. The van der Waals surface area contributed by atoms with Crippen LogP contribution in [0.2, 0.25) is 0 Å². The molecule has 1 heterocycles. The van der Waals surface area contributed by atoms with Crippen molar-refractivity contribution >= 4 is 0 Å². The second kappa shape index (κ2) is 5.08. The fourth-order valence-corrected chi connectivity index (χ4v) is 3.55. The van der Waals surface area contributed by atoms with Crippen molar-refractivity contribution < 1.29 is 0 Å². The molecule has 0 radical (unpaired) electrons. The number of hydrogen-bond acceptors (Lipinski definition) is 1. The smallest absolute Gasteiger partial charge is 0.00385 e. The van der Waals surface area contributed by atoms with Crippen molar-refractivity contribution in [3.8, 4) is 0 Å². The van der Waals surface area contributed by atoms with Gasteiger partial charge in [-0.25, -0.2) is 0 Å². The first-order chi connectivity index (χ1) is 7.65. The fraction of sp³-hybridized carbons (Fsp3) is 1.00. The van der Waals surface area contributed by atoms with E-state index in [0.29, 0.717) is 0 Å². The second-order valence-electron chi connectivity index (χ2n) is 6.53. The Labute approximate surface area is 102 Å². The monoisotopic (exact) mass is 223 g/mol.